The first-order chi connectivity index (χ1) is 5.52. The van der Waals surface area contributed by atoms with Crippen molar-refractivity contribution in [3.63, 3.8) is 0 Å². The van der Waals surface area contributed by atoms with Gasteiger partial charge in [-0.1, -0.05) is 0 Å². The highest BCUT2D eigenvalue weighted by Gasteiger charge is 1.97. The second-order valence-corrected chi connectivity index (χ2v) is 2.25. The number of guanidine groups is 1. The average molecular weight is 172 g/mol. The van der Waals surface area contributed by atoms with Gasteiger partial charge < -0.3 is 16.6 Å². The molecular weight excluding hydrogens is 160 g/mol. The number of nitrogens with two attached hydrogens (primary N) is 2. The molecule has 0 aliphatic carbocycles. The molecule has 0 bridgehead atoms. The summed E-state index contributed by atoms with van der Waals surface area (Å²) in [5.74, 6) is -1.00. The molecule has 68 valence electrons. The van der Waals surface area contributed by atoms with Gasteiger partial charge in [0.1, 0.15) is 0 Å². The number of rotatable bonds is 4. The van der Waals surface area contributed by atoms with Crippen molar-refractivity contribution in [2.75, 3.05) is 0 Å². The fourth-order valence-corrected chi connectivity index (χ4v) is 0.481. The second-order valence-electron chi connectivity index (χ2n) is 2.25. The van der Waals surface area contributed by atoms with Crippen molar-refractivity contribution in [3.8, 4) is 0 Å². The Morgan fingerprint density at radius 3 is 2.33 bits per heavy atom. The Balaban J connectivity index is 3.86. The first-order valence-electron chi connectivity index (χ1n) is 3.36. The maximum absolute atomic E-state index is 10.1. The Bertz CT molecular complexity index is 218. The van der Waals surface area contributed by atoms with Gasteiger partial charge in [0.2, 0.25) is 5.96 Å². The predicted octanol–water partition coefficient (Wildman–Crippen LogP) is -0.499. The lowest BCUT2D eigenvalue weighted by Crippen LogP contribution is -2.22. The lowest BCUT2D eigenvalue weighted by atomic mass is 10.2. The first-order valence-corrected chi connectivity index (χ1v) is 3.36. The van der Waals surface area contributed by atoms with Crippen LogP contribution in [0, 0.1) is 0 Å². The Hall–Kier alpha value is -1.59. The molecule has 0 spiro atoms. The zero-order valence-electron chi connectivity index (χ0n) is 6.82. The van der Waals surface area contributed by atoms with Crippen molar-refractivity contribution >= 4 is 17.6 Å². The van der Waals surface area contributed by atoms with Crippen molar-refractivity contribution < 1.29 is 9.90 Å². The van der Waals surface area contributed by atoms with E-state index in [9.17, 15) is 4.79 Å². The van der Waals surface area contributed by atoms with Crippen LogP contribution in [0.15, 0.2) is 10.2 Å². The summed E-state index contributed by atoms with van der Waals surface area (Å²) in [5, 5.41) is 15.3. The van der Waals surface area contributed by atoms with Crippen molar-refractivity contribution in [1.29, 1.82) is 0 Å². The molecule has 0 aromatic heterocycles. The summed E-state index contributed by atoms with van der Waals surface area (Å²) in [6, 6.07) is 0. The number of aliphatic carboxylic acids is 1. The Labute approximate surface area is 70.0 Å². The van der Waals surface area contributed by atoms with Gasteiger partial charge in [-0.3, -0.25) is 4.79 Å². The Morgan fingerprint density at radius 2 is 1.92 bits per heavy atom. The second kappa shape index (κ2) is 5.11. The number of carboxylic acid groups (broad SMARTS) is 1. The third-order valence-corrected chi connectivity index (χ3v) is 1.04. The van der Waals surface area contributed by atoms with Gasteiger partial charge in [0, 0.05) is 5.71 Å². The largest absolute Gasteiger partial charge is 0.481 e. The van der Waals surface area contributed by atoms with Crippen molar-refractivity contribution in [1.82, 2.24) is 0 Å². The molecule has 12 heavy (non-hydrogen) atoms. The SMILES string of the molecule is C/C(CCC(=O)O)=N/N=C(N)N. The fraction of sp³-hybridized carbons (Fsp3) is 0.500. The van der Waals surface area contributed by atoms with Crippen LogP contribution in [0.4, 0.5) is 0 Å². The van der Waals surface area contributed by atoms with Crippen LogP contribution >= 0.6 is 0 Å². The van der Waals surface area contributed by atoms with Crippen molar-refractivity contribution in [3.05, 3.63) is 0 Å². The number of carbonyl (C=O) groups is 1. The topological polar surface area (TPSA) is 114 Å². The smallest absolute Gasteiger partial charge is 0.303 e. The number of carboxylic acids is 1. The lowest BCUT2D eigenvalue weighted by Gasteiger charge is -1.93. The molecule has 5 N–H and O–H groups in total. The van der Waals surface area contributed by atoms with E-state index < -0.39 is 5.97 Å². The van der Waals surface area contributed by atoms with Gasteiger partial charge in [0.25, 0.3) is 0 Å². The number of nitrogens with zero attached hydrogens (tertiary/aromatic N) is 2. The Kier molecular flexibility index (Phi) is 4.43. The summed E-state index contributed by atoms with van der Waals surface area (Å²) in [5.41, 5.74) is 10.6. The molecule has 0 heterocycles. The van der Waals surface area contributed by atoms with E-state index in [1.54, 1.807) is 6.92 Å². The highest BCUT2D eigenvalue weighted by atomic mass is 16.4. The fourth-order valence-electron chi connectivity index (χ4n) is 0.481. The van der Waals surface area contributed by atoms with Crippen LogP contribution in [0.3, 0.4) is 0 Å². The molecule has 0 atom stereocenters. The van der Waals surface area contributed by atoms with Crippen LogP contribution < -0.4 is 11.5 Å². The third kappa shape index (κ3) is 6.53. The minimum Gasteiger partial charge on any atom is -0.481 e. The summed E-state index contributed by atoms with van der Waals surface area (Å²) in [6.45, 7) is 1.66. The molecule has 6 heteroatoms. The monoisotopic (exact) mass is 172 g/mol. The molecule has 0 unspecified atom stereocenters. The van der Waals surface area contributed by atoms with Crippen LogP contribution in [-0.2, 0) is 4.79 Å². The summed E-state index contributed by atoms with van der Waals surface area (Å²) in [6.07, 6.45) is 0.390. The van der Waals surface area contributed by atoms with Gasteiger partial charge >= 0.3 is 5.97 Å². The van der Waals surface area contributed by atoms with E-state index >= 15 is 0 Å². The van der Waals surface area contributed by atoms with E-state index in [1.165, 1.54) is 0 Å². The molecule has 0 saturated heterocycles. The molecule has 0 aliphatic heterocycles. The number of hydrogen-bond acceptors (Lipinski definition) is 3. The standard InChI is InChI=1S/C6H12N4O2/c1-4(2-3-5(11)12)9-10-6(7)8/h2-3H2,1H3,(H,11,12)(H4,7,8,10)/b9-4-. The predicted molar refractivity (Wildman–Crippen MR) is 45.8 cm³/mol. The lowest BCUT2D eigenvalue weighted by molar-refractivity contribution is -0.136. The van der Waals surface area contributed by atoms with Crippen molar-refractivity contribution in [2.24, 2.45) is 21.7 Å². The highest BCUT2D eigenvalue weighted by Crippen LogP contribution is 1.92. The molecule has 6 nitrogen and oxygen atoms in total. The maximum atomic E-state index is 10.1. The van der Waals surface area contributed by atoms with Crippen LogP contribution in [0.1, 0.15) is 19.8 Å². The molecule has 0 rings (SSSR count). The van der Waals surface area contributed by atoms with Gasteiger partial charge in [-0.05, 0) is 13.3 Å². The summed E-state index contributed by atoms with van der Waals surface area (Å²) >= 11 is 0. The number of hydrogen-bond donors (Lipinski definition) is 3. The van der Waals surface area contributed by atoms with E-state index in [0.29, 0.717) is 12.1 Å². The van der Waals surface area contributed by atoms with E-state index in [1.807, 2.05) is 0 Å². The average Bonchev–Trinajstić information content (AvgIpc) is 1.96. The van der Waals surface area contributed by atoms with E-state index in [2.05, 4.69) is 10.2 Å². The minimum atomic E-state index is -0.866. The normalized spacial score (nSPS) is 10.9. The summed E-state index contributed by atoms with van der Waals surface area (Å²) in [4.78, 5) is 10.1. The molecule has 0 aromatic rings. The molecular formula is C6H12N4O2. The Morgan fingerprint density at radius 1 is 1.33 bits per heavy atom. The zero-order valence-corrected chi connectivity index (χ0v) is 6.82. The summed E-state index contributed by atoms with van der Waals surface area (Å²) in [7, 11) is 0. The van der Waals surface area contributed by atoms with Gasteiger partial charge in [-0.2, -0.15) is 5.10 Å². The van der Waals surface area contributed by atoms with Gasteiger partial charge in [-0.25, -0.2) is 0 Å². The highest BCUT2D eigenvalue weighted by molar-refractivity contribution is 5.86. The maximum Gasteiger partial charge on any atom is 0.303 e. The zero-order chi connectivity index (χ0) is 9.56. The third-order valence-electron chi connectivity index (χ3n) is 1.04. The van der Waals surface area contributed by atoms with Crippen LogP contribution in [0.2, 0.25) is 0 Å². The molecule has 0 fully saturated rings. The van der Waals surface area contributed by atoms with Gasteiger partial charge in [-0.15, -0.1) is 5.10 Å². The quantitative estimate of drug-likeness (QED) is 0.301. The minimum absolute atomic E-state index is 0.0370. The van der Waals surface area contributed by atoms with Crippen LogP contribution in [0.5, 0.6) is 0 Å². The van der Waals surface area contributed by atoms with E-state index in [-0.39, 0.29) is 12.4 Å². The molecule has 0 aliphatic rings. The van der Waals surface area contributed by atoms with Crippen LogP contribution in [0.25, 0.3) is 0 Å². The molecule has 0 amide bonds. The van der Waals surface area contributed by atoms with Crippen LogP contribution in [-0.4, -0.2) is 22.7 Å². The first kappa shape index (κ1) is 10.4. The van der Waals surface area contributed by atoms with Gasteiger partial charge in [0.15, 0.2) is 0 Å². The molecule has 0 aromatic carbocycles. The molecule has 0 radical (unpaired) electrons. The van der Waals surface area contributed by atoms with Gasteiger partial charge in [0.05, 0.1) is 6.42 Å². The van der Waals surface area contributed by atoms with Crippen molar-refractivity contribution in [2.45, 2.75) is 19.8 Å². The van der Waals surface area contributed by atoms with E-state index in [0.717, 1.165) is 0 Å². The van der Waals surface area contributed by atoms with E-state index in [4.69, 9.17) is 16.6 Å². The summed E-state index contributed by atoms with van der Waals surface area (Å²) < 4.78 is 0. The molecule has 0 saturated carbocycles.